The summed E-state index contributed by atoms with van der Waals surface area (Å²) in [6, 6.07) is 4.04. The van der Waals surface area contributed by atoms with Crippen LogP contribution in [-0.4, -0.2) is 105 Å². The van der Waals surface area contributed by atoms with E-state index in [9.17, 15) is 19.1 Å². The minimum atomic E-state index is -0.969. The van der Waals surface area contributed by atoms with E-state index >= 15 is 4.39 Å². The number of likely N-dealkylation sites (N-methyl/N-ethyl adjacent to an activating group) is 1. The van der Waals surface area contributed by atoms with Gasteiger partial charge in [0.15, 0.2) is 5.13 Å². The number of aromatic nitrogens is 3. The minimum Gasteiger partial charge on any atom is -0.465 e. The van der Waals surface area contributed by atoms with Crippen molar-refractivity contribution in [3.8, 4) is 17.1 Å². The number of carbonyl (C=O) groups excluding carboxylic acids is 1. The van der Waals surface area contributed by atoms with Crippen molar-refractivity contribution in [2.24, 2.45) is 5.41 Å². The zero-order valence-electron chi connectivity index (χ0n) is 31.1. The summed E-state index contributed by atoms with van der Waals surface area (Å²) in [6.45, 7) is 12.5. The van der Waals surface area contributed by atoms with Crippen molar-refractivity contribution in [1.29, 1.82) is 0 Å². The van der Waals surface area contributed by atoms with Gasteiger partial charge < -0.3 is 19.5 Å². The van der Waals surface area contributed by atoms with Crippen molar-refractivity contribution in [1.82, 2.24) is 24.8 Å². The Kier molecular flexibility index (Phi) is 9.80. The predicted molar refractivity (Wildman–Crippen MR) is 207 cm³/mol. The van der Waals surface area contributed by atoms with Crippen LogP contribution in [0.15, 0.2) is 18.2 Å². The Labute approximate surface area is 325 Å². The normalized spacial score (nSPS) is 23.4. The molecular formula is C37H43Cl2F2N7O5S. The van der Waals surface area contributed by atoms with E-state index in [-0.39, 0.29) is 50.1 Å². The molecule has 2 N–H and O–H groups in total. The molecule has 4 atom stereocenters. The number of carbonyl (C=O) groups is 2. The van der Waals surface area contributed by atoms with E-state index in [1.54, 1.807) is 31.7 Å². The molecular weight excluding hydrogens is 763 g/mol. The van der Waals surface area contributed by atoms with Gasteiger partial charge in [-0.2, -0.15) is 9.97 Å². The number of benzene rings is 2. The number of nitrogens with zero attached hydrogens (tertiary/aromatic N) is 6. The van der Waals surface area contributed by atoms with Crippen molar-refractivity contribution in [2.75, 3.05) is 43.5 Å². The maximum Gasteiger partial charge on any atom is 0.413 e. The molecule has 5 heterocycles. The fraction of sp³-hybridized carbons (Fsp3) is 0.541. The maximum atomic E-state index is 15.2. The molecule has 0 saturated carbocycles. The molecule has 2 amide bonds. The van der Waals surface area contributed by atoms with Gasteiger partial charge in [0.05, 0.1) is 37.4 Å². The summed E-state index contributed by atoms with van der Waals surface area (Å²) in [5.41, 5.74) is -0.634. The van der Waals surface area contributed by atoms with Gasteiger partial charge in [-0.1, -0.05) is 55.3 Å². The van der Waals surface area contributed by atoms with Crippen LogP contribution in [0.25, 0.3) is 32.2 Å². The van der Waals surface area contributed by atoms with Crippen molar-refractivity contribution in [3.63, 3.8) is 0 Å². The molecule has 12 nitrogen and oxygen atoms in total. The van der Waals surface area contributed by atoms with Gasteiger partial charge in [0.1, 0.15) is 30.0 Å². The number of fused-ring (bicyclic) bond motifs is 4. The number of nitrogens with one attached hydrogen (secondary N) is 1. The number of hydrogen-bond donors (Lipinski definition) is 2. The Hall–Kier alpha value is -3.79. The topological polar surface area (TPSA) is 133 Å². The highest BCUT2D eigenvalue weighted by molar-refractivity contribution is 7.22. The second kappa shape index (κ2) is 13.7. The largest absolute Gasteiger partial charge is 0.465 e. The molecule has 0 radical (unpaired) electrons. The Morgan fingerprint density at radius 2 is 1.85 bits per heavy atom. The summed E-state index contributed by atoms with van der Waals surface area (Å²) < 4.78 is 41.2. The lowest BCUT2D eigenvalue weighted by Gasteiger charge is -2.54. The van der Waals surface area contributed by atoms with Crippen LogP contribution < -0.4 is 15.0 Å². The van der Waals surface area contributed by atoms with Crippen molar-refractivity contribution >= 4 is 78.8 Å². The highest BCUT2D eigenvalue weighted by Crippen LogP contribution is 2.52. The van der Waals surface area contributed by atoms with Gasteiger partial charge in [-0.15, -0.1) is 0 Å². The summed E-state index contributed by atoms with van der Waals surface area (Å²) in [4.78, 5) is 45.0. The molecule has 4 aromatic rings. The molecule has 2 bridgehead atoms. The van der Waals surface area contributed by atoms with Crippen molar-refractivity contribution in [3.05, 3.63) is 34.1 Å². The summed E-state index contributed by atoms with van der Waals surface area (Å²) in [5, 5.41) is 13.9. The van der Waals surface area contributed by atoms with Crippen LogP contribution in [0.2, 0.25) is 10.0 Å². The van der Waals surface area contributed by atoms with Gasteiger partial charge in [0.2, 0.25) is 0 Å². The highest BCUT2D eigenvalue weighted by Gasteiger charge is 2.59. The number of hydrogen-bond acceptors (Lipinski definition) is 10. The zero-order chi connectivity index (χ0) is 39.1. The number of likely N-dealkylation sites (tertiary alicyclic amines) is 1. The lowest BCUT2D eigenvalue weighted by atomic mass is 9.71. The minimum absolute atomic E-state index is 0.0166. The Bertz CT molecular complexity index is 2160. The second-order valence-electron chi connectivity index (χ2n) is 16.4. The SMILES string of the molecule is CN1C[C@H](F)C[C@H]1COc1nc(N2CC3CCC(C(C)(C)C)(C2)N3C(=O)O)c2cc(Cl)c(-c3ccc(F)c4sc(NC(=O)OC(C)(C)C)nc34)c(Cl)c2n1. The van der Waals surface area contributed by atoms with Gasteiger partial charge in [-0.3, -0.25) is 15.1 Å². The molecule has 7 rings (SSSR count). The number of thiazole rings is 1. The molecule has 3 fully saturated rings. The van der Waals surface area contributed by atoms with Crippen molar-refractivity contribution in [2.45, 2.75) is 90.2 Å². The third-order valence-electron chi connectivity index (χ3n) is 10.8. The van der Waals surface area contributed by atoms with Gasteiger partial charge in [0.25, 0.3) is 0 Å². The highest BCUT2D eigenvalue weighted by atomic mass is 35.5. The van der Waals surface area contributed by atoms with E-state index in [0.29, 0.717) is 66.7 Å². The maximum absolute atomic E-state index is 15.2. The van der Waals surface area contributed by atoms with E-state index in [0.717, 1.165) is 11.3 Å². The van der Waals surface area contributed by atoms with Crippen LogP contribution in [0.4, 0.5) is 29.3 Å². The summed E-state index contributed by atoms with van der Waals surface area (Å²) in [6.07, 6.45) is -0.983. The van der Waals surface area contributed by atoms with E-state index in [1.807, 2.05) is 32.7 Å². The lowest BCUT2D eigenvalue weighted by molar-refractivity contribution is 0.00528. The van der Waals surface area contributed by atoms with Gasteiger partial charge in [-0.25, -0.2) is 23.4 Å². The number of amides is 2. The second-order valence-corrected chi connectivity index (χ2v) is 18.2. The lowest BCUT2D eigenvalue weighted by Crippen LogP contribution is -2.68. The number of piperazine rings is 1. The molecule has 54 heavy (non-hydrogen) atoms. The van der Waals surface area contributed by atoms with Gasteiger partial charge in [-0.05, 0) is 70.7 Å². The van der Waals surface area contributed by atoms with Gasteiger partial charge in [0, 0.05) is 42.2 Å². The number of anilines is 2. The first-order valence-electron chi connectivity index (χ1n) is 17.8. The first-order valence-corrected chi connectivity index (χ1v) is 19.4. The van der Waals surface area contributed by atoms with Gasteiger partial charge >= 0.3 is 18.2 Å². The quantitative estimate of drug-likeness (QED) is 0.195. The van der Waals surface area contributed by atoms with E-state index in [4.69, 9.17) is 42.6 Å². The first-order chi connectivity index (χ1) is 25.3. The Morgan fingerprint density at radius 1 is 1.11 bits per heavy atom. The number of carboxylic acid groups (broad SMARTS) is 1. The molecule has 0 aliphatic carbocycles. The predicted octanol–water partition coefficient (Wildman–Crippen LogP) is 8.87. The molecule has 2 unspecified atom stereocenters. The third-order valence-corrected chi connectivity index (χ3v) is 12.4. The van der Waals surface area contributed by atoms with E-state index in [1.165, 1.54) is 12.1 Å². The average Bonchev–Trinajstić information content (AvgIpc) is 3.70. The van der Waals surface area contributed by atoms with Crippen LogP contribution >= 0.6 is 34.5 Å². The molecule has 290 valence electrons. The average molecular weight is 807 g/mol. The molecule has 3 saturated heterocycles. The summed E-state index contributed by atoms with van der Waals surface area (Å²) >= 11 is 15.3. The van der Waals surface area contributed by atoms with Crippen LogP contribution in [0.3, 0.4) is 0 Å². The summed E-state index contributed by atoms with van der Waals surface area (Å²) in [7, 11) is 1.84. The Morgan fingerprint density at radius 3 is 2.50 bits per heavy atom. The fourth-order valence-electron chi connectivity index (χ4n) is 8.15. The van der Waals surface area contributed by atoms with Crippen LogP contribution in [0.1, 0.15) is 60.8 Å². The molecule has 17 heteroatoms. The van der Waals surface area contributed by atoms with Crippen LogP contribution in [0, 0.1) is 11.2 Å². The fourth-order valence-corrected chi connectivity index (χ4v) is 9.74. The van der Waals surface area contributed by atoms with Crippen LogP contribution in [-0.2, 0) is 4.74 Å². The first kappa shape index (κ1) is 38.5. The molecule has 2 aromatic carbocycles. The monoisotopic (exact) mass is 805 g/mol. The molecule has 3 aliphatic rings. The molecule has 2 aromatic heterocycles. The van der Waals surface area contributed by atoms with E-state index in [2.05, 4.69) is 15.2 Å². The van der Waals surface area contributed by atoms with Crippen molar-refractivity contribution < 1.29 is 33.0 Å². The number of ether oxygens (including phenoxy) is 2. The molecule has 0 spiro atoms. The van der Waals surface area contributed by atoms with Crippen LogP contribution in [0.5, 0.6) is 6.01 Å². The number of rotatable bonds is 6. The zero-order valence-corrected chi connectivity index (χ0v) is 33.4. The van der Waals surface area contributed by atoms with E-state index < -0.39 is 40.7 Å². The standard InChI is InChI=1S/C37H43Cl2F2N7O5S/c1-35(2,3)37-11-10-19(48(37)34(50)51)15-47(17-37)30-22-13-23(38)25(26(39)27(22)42-31(44-30)52-16-20-12-18(40)14-46(20)7)21-8-9-24(41)29-28(21)43-32(54-29)45-33(49)53-36(4,5)6/h8-9,13,18-20H,10-12,14-17H2,1-7H3,(H,50,51)(H,43,45,49)/t18-,19?,20+,37?/m1/s1. The number of alkyl halides is 1. The Balaban J connectivity index is 1.36. The smallest absolute Gasteiger partial charge is 0.413 e. The third kappa shape index (κ3) is 6.85. The number of halogens is 4. The molecule has 3 aliphatic heterocycles. The summed E-state index contributed by atoms with van der Waals surface area (Å²) in [5.74, 6) is -0.0760.